The zero-order valence-corrected chi connectivity index (χ0v) is 5.16. The summed E-state index contributed by atoms with van der Waals surface area (Å²) in [6, 6.07) is 1.30. The van der Waals surface area contributed by atoms with E-state index in [0.717, 1.165) is 0 Å². The molecular weight excluding hydrogens is 128 g/mol. The van der Waals surface area contributed by atoms with E-state index in [0.29, 0.717) is 0 Å². The van der Waals surface area contributed by atoms with E-state index in [1.807, 2.05) is 0 Å². The number of ether oxygens (including phenoxy) is 1. The summed E-state index contributed by atoms with van der Waals surface area (Å²) in [5, 5.41) is 0. The Bertz CT molecular complexity index is 351. The first-order chi connectivity index (χ1) is 6.74. The van der Waals surface area contributed by atoms with Gasteiger partial charge in [0, 0.05) is 16.4 Å². The molecule has 0 radical (unpaired) electrons. The van der Waals surface area contributed by atoms with Crippen molar-refractivity contribution in [1.29, 1.82) is 0 Å². The molecule has 0 saturated carbocycles. The first-order valence-electron chi connectivity index (χ1n) is 5.12. The highest BCUT2D eigenvalue weighted by molar-refractivity contribution is 5.49. The van der Waals surface area contributed by atoms with Crippen LogP contribution in [0.2, 0.25) is 0 Å². The zero-order chi connectivity index (χ0) is 11.7. The lowest BCUT2D eigenvalue weighted by Gasteiger charge is -2.03. The van der Waals surface area contributed by atoms with Crippen LogP contribution in [-0.2, 0) is 0 Å². The van der Waals surface area contributed by atoms with Gasteiger partial charge in [0.1, 0.15) is 5.75 Å². The minimum absolute atomic E-state index is 0.0360. The van der Waals surface area contributed by atoms with Crippen LogP contribution in [0.3, 0.4) is 0 Å². The van der Waals surface area contributed by atoms with Crippen LogP contribution in [-0.4, -0.2) is 11.5 Å². The lowest BCUT2D eigenvalue weighted by Crippen LogP contribution is -1.96. The van der Waals surface area contributed by atoms with Gasteiger partial charge >= 0.3 is 0 Å². The molecule has 0 spiro atoms. The fourth-order valence-corrected chi connectivity index (χ4v) is 0.542. The maximum atomic E-state index is 7.22. The van der Waals surface area contributed by atoms with Crippen molar-refractivity contribution >= 4 is 5.69 Å². The van der Waals surface area contributed by atoms with Gasteiger partial charge in [-0.3, -0.25) is 4.98 Å². The highest BCUT2D eigenvalue weighted by Gasteiger charge is 1.94. The Morgan fingerprint density at radius 1 is 2.00 bits per heavy atom. The minimum Gasteiger partial charge on any atom is -0.492 e. The molecule has 0 aliphatic heterocycles. The number of pyridine rings is 1. The average molecular weight is 143 g/mol. The van der Waals surface area contributed by atoms with Gasteiger partial charge in [0.05, 0.1) is 21.2 Å². The number of hydrogen-bond acceptors (Lipinski definition) is 3. The van der Waals surface area contributed by atoms with Gasteiger partial charge < -0.3 is 10.5 Å². The van der Waals surface area contributed by atoms with Crippen LogP contribution >= 0.6 is 0 Å². The highest BCUT2D eigenvalue weighted by atomic mass is 16.5. The summed E-state index contributed by atoms with van der Waals surface area (Å²) in [6.07, 6.45) is 2.59. The van der Waals surface area contributed by atoms with Gasteiger partial charge in [-0.05, 0) is 6.85 Å². The molecule has 0 atom stereocenters. The lowest BCUT2D eigenvalue weighted by molar-refractivity contribution is 0.342. The smallest absolute Gasteiger partial charge is 0.145 e. The molecule has 10 heavy (non-hydrogen) atoms. The molecule has 0 saturated heterocycles. The summed E-state index contributed by atoms with van der Waals surface area (Å²) in [5.41, 5.74) is 5.52. The molecule has 0 aliphatic rings. The highest BCUT2D eigenvalue weighted by Crippen LogP contribution is 2.17. The summed E-state index contributed by atoms with van der Waals surface area (Å²) in [5.74, 6) is -0.0360. The minimum atomic E-state index is -2.87. The molecule has 1 aromatic heterocycles. The summed E-state index contributed by atoms with van der Waals surface area (Å²) >= 11 is 0. The van der Waals surface area contributed by atoms with Crippen molar-refractivity contribution in [3.8, 4) is 5.75 Å². The number of nitrogens with two attached hydrogens (primary N) is 1. The third kappa shape index (κ3) is 1.37. The molecule has 0 bridgehead atoms. The Morgan fingerprint density at radius 2 is 2.90 bits per heavy atom. The Hall–Kier alpha value is -1.25. The number of anilines is 1. The number of nitrogen functional groups attached to an aromatic ring is 1. The number of nitrogens with zero attached hydrogens (tertiary/aromatic N) is 1. The third-order valence-electron chi connectivity index (χ3n) is 0.971. The SMILES string of the molecule is [2H]C([2H])([2H])C([2H])([2H])Oc1ccncc1N. The Labute approximate surface area is 66.9 Å². The van der Waals surface area contributed by atoms with Crippen LogP contribution < -0.4 is 10.5 Å². The van der Waals surface area contributed by atoms with Gasteiger partial charge in [0.15, 0.2) is 0 Å². The van der Waals surface area contributed by atoms with E-state index in [4.69, 9.17) is 17.3 Å². The van der Waals surface area contributed by atoms with Gasteiger partial charge in [-0.25, -0.2) is 0 Å². The molecule has 54 valence electrons. The fourth-order valence-electron chi connectivity index (χ4n) is 0.542. The van der Waals surface area contributed by atoms with Crippen molar-refractivity contribution in [2.45, 2.75) is 6.85 Å². The molecule has 0 unspecified atom stereocenters. The van der Waals surface area contributed by atoms with Crippen molar-refractivity contribution in [1.82, 2.24) is 4.98 Å². The van der Waals surface area contributed by atoms with Crippen molar-refractivity contribution in [3.63, 3.8) is 0 Å². The van der Waals surface area contributed by atoms with Gasteiger partial charge in [0.25, 0.3) is 0 Å². The van der Waals surface area contributed by atoms with E-state index in [1.165, 1.54) is 18.5 Å². The largest absolute Gasteiger partial charge is 0.492 e. The molecule has 0 aliphatic carbocycles. The van der Waals surface area contributed by atoms with E-state index in [1.54, 1.807) is 0 Å². The molecule has 1 heterocycles. The Kier molecular flexibility index (Phi) is 0.849. The van der Waals surface area contributed by atoms with E-state index in [2.05, 4.69) is 4.98 Å². The van der Waals surface area contributed by atoms with E-state index >= 15 is 0 Å². The van der Waals surface area contributed by atoms with Crippen LogP contribution in [0, 0.1) is 0 Å². The second kappa shape index (κ2) is 3.06. The summed E-state index contributed by atoms with van der Waals surface area (Å²) in [7, 11) is 0. The lowest BCUT2D eigenvalue weighted by atomic mass is 10.4. The number of aromatic nitrogens is 1. The zero-order valence-electron chi connectivity index (χ0n) is 10.2. The quantitative estimate of drug-likeness (QED) is 0.673. The van der Waals surface area contributed by atoms with Crippen LogP contribution in [0.15, 0.2) is 18.5 Å². The third-order valence-corrected chi connectivity index (χ3v) is 0.971. The average Bonchev–Trinajstić information content (AvgIpc) is 2.06. The predicted octanol–water partition coefficient (Wildman–Crippen LogP) is 1.06. The fraction of sp³-hybridized carbons (Fsp3) is 0.286. The van der Waals surface area contributed by atoms with Crippen LogP contribution in [0.1, 0.15) is 13.7 Å². The Balaban J connectivity index is 2.92. The number of hydrogen-bond donors (Lipinski definition) is 1. The molecule has 3 nitrogen and oxygen atoms in total. The van der Waals surface area contributed by atoms with Crippen molar-refractivity contribution < 1.29 is 11.6 Å². The molecule has 3 heteroatoms. The first-order valence-corrected chi connectivity index (χ1v) is 2.62. The standard InChI is InChI=1S/C7H10N2O/c1-2-10-7-3-4-9-5-6(7)8/h3-5H,2,8H2,1H3/i1D3,2D2. The molecule has 2 N–H and O–H groups in total. The van der Waals surface area contributed by atoms with E-state index < -0.39 is 13.4 Å². The second-order valence-corrected chi connectivity index (χ2v) is 1.62. The predicted molar refractivity (Wildman–Crippen MR) is 39.8 cm³/mol. The normalized spacial score (nSPS) is 19.4. The van der Waals surface area contributed by atoms with Crippen molar-refractivity contribution in [2.75, 3.05) is 12.3 Å². The van der Waals surface area contributed by atoms with Crippen LogP contribution in [0.4, 0.5) is 5.69 Å². The van der Waals surface area contributed by atoms with Gasteiger partial charge in [-0.15, -0.1) is 0 Å². The molecular formula is C7H10N2O. The van der Waals surface area contributed by atoms with E-state index in [9.17, 15) is 0 Å². The van der Waals surface area contributed by atoms with Gasteiger partial charge in [0.2, 0.25) is 0 Å². The van der Waals surface area contributed by atoms with E-state index in [-0.39, 0.29) is 11.4 Å². The van der Waals surface area contributed by atoms with Crippen molar-refractivity contribution in [3.05, 3.63) is 18.5 Å². The van der Waals surface area contributed by atoms with Crippen LogP contribution in [0.5, 0.6) is 5.75 Å². The Morgan fingerprint density at radius 3 is 3.60 bits per heavy atom. The molecule has 1 rings (SSSR count). The monoisotopic (exact) mass is 143 g/mol. The van der Waals surface area contributed by atoms with Gasteiger partial charge in [-0.2, -0.15) is 0 Å². The summed E-state index contributed by atoms with van der Waals surface area (Å²) < 4.78 is 39.9. The summed E-state index contributed by atoms with van der Waals surface area (Å²) in [6.45, 7) is -5.65. The maximum absolute atomic E-state index is 7.22. The van der Waals surface area contributed by atoms with Gasteiger partial charge in [-0.1, -0.05) is 0 Å². The molecule has 0 amide bonds. The second-order valence-electron chi connectivity index (χ2n) is 1.62. The summed E-state index contributed by atoms with van der Waals surface area (Å²) in [4.78, 5) is 3.67. The topological polar surface area (TPSA) is 48.1 Å². The molecule has 0 fully saturated rings. The maximum Gasteiger partial charge on any atom is 0.145 e. The van der Waals surface area contributed by atoms with Crippen LogP contribution in [0.25, 0.3) is 0 Å². The first kappa shape index (κ1) is 2.78. The molecule has 0 aromatic carbocycles. The molecule has 1 aromatic rings. The van der Waals surface area contributed by atoms with Crippen molar-refractivity contribution in [2.24, 2.45) is 0 Å². The number of rotatable bonds is 2.